The average Bonchev–Trinajstić information content (AvgIpc) is 3.93. The van der Waals surface area contributed by atoms with Gasteiger partial charge in [-0.15, -0.1) is 0 Å². The fourth-order valence-electron chi connectivity index (χ4n) is 7.60. The molecule has 61 heavy (non-hydrogen) atoms. The Labute approximate surface area is 348 Å². The minimum Gasteiger partial charge on any atom is -0.478 e. The van der Waals surface area contributed by atoms with Gasteiger partial charge in [-0.1, -0.05) is 36.4 Å². The number of carbonyl (C=O) groups is 8. The zero-order valence-corrected chi connectivity index (χ0v) is 33.1. The number of nitrogens with zero attached hydrogens (tertiary/aromatic N) is 6. The van der Waals surface area contributed by atoms with Crippen molar-refractivity contribution >= 4 is 69.5 Å². The Morgan fingerprint density at radius 1 is 0.607 bits per heavy atom. The molecule has 4 amide bonds. The largest absolute Gasteiger partial charge is 0.478 e. The summed E-state index contributed by atoms with van der Waals surface area (Å²) < 4.78 is 0. The number of H-pyrrole nitrogens is 2. The molecular formula is C44H40N8O9. The van der Waals surface area contributed by atoms with Gasteiger partial charge in [0.1, 0.15) is 5.52 Å². The number of piperazine rings is 2. The van der Waals surface area contributed by atoms with Crippen LogP contribution in [-0.2, 0) is 9.59 Å². The van der Waals surface area contributed by atoms with Gasteiger partial charge in [0.2, 0.25) is 0 Å². The quantitative estimate of drug-likeness (QED) is 0.114. The number of rotatable bonds is 8. The van der Waals surface area contributed by atoms with Crippen molar-refractivity contribution in [1.82, 2.24) is 39.5 Å². The van der Waals surface area contributed by atoms with E-state index in [0.717, 1.165) is 0 Å². The van der Waals surface area contributed by atoms with Gasteiger partial charge in [-0.05, 0) is 50.2 Å². The standard InChI is InChI=1S/C22H20N4O5.C22H20N4O4/c1-13-12-25(20(28)14-5-3-2-4-6-14)9-10-26(13)21(29)19(27)16-11-24-17-15(22(30)31)7-8-23-18(16)17;1-14-12-25(21(29)15-5-3-2-4-6-15)9-10-26(14)22(30)20(28)17-11-24-18-16(13-27)7-8-23-19(17)18/h2-8,11,13,24H,9-10,12H2,1H3,(H,30,31);2-8,11,13-14,24H,9-10,12H2,1H3/t13-;14-/m11/s1. The van der Waals surface area contributed by atoms with Crippen LogP contribution in [0.5, 0.6) is 0 Å². The maximum Gasteiger partial charge on any atom is 0.337 e. The second-order valence-corrected chi connectivity index (χ2v) is 14.6. The number of hydrogen-bond donors (Lipinski definition) is 3. The first-order chi connectivity index (χ1) is 29.4. The van der Waals surface area contributed by atoms with E-state index in [4.69, 9.17) is 0 Å². The molecule has 17 nitrogen and oxygen atoms in total. The van der Waals surface area contributed by atoms with Crippen molar-refractivity contribution in [2.45, 2.75) is 25.9 Å². The number of aldehydes is 1. The van der Waals surface area contributed by atoms with E-state index in [1.807, 2.05) is 19.1 Å². The first-order valence-electron chi connectivity index (χ1n) is 19.4. The molecule has 0 aliphatic carbocycles. The van der Waals surface area contributed by atoms with E-state index in [2.05, 4.69) is 19.9 Å². The predicted molar refractivity (Wildman–Crippen MR) is 220 cm³/mol. The molecule has 8 rings (SSSR count). The third kappa shape index (κ3) is 8.25. The van der Waals surface area contributed by atoms with Crippen molar-refractivity contribution in [2.75, 3.05) is 39.3 Å². The third-order valence-corrected chi connectivity index (χ3v) is 10.8. The zero-order chi connectivity index (χ0) is 43.4. The molecule has 2 atom stereocenters. The second kappa shape index (κ2) is 17.6. The molecule has 2 fully saturated rings. The summed E-state index contributed by atoms with van der Waals surface area (Å²) in [6.45, 7) is 5.39. The fourth-order valence-corrected chi connectivity index (χ4v) is 7.60. The maximum absolute atomic E-state index is 12.9. The number of amides is 4. The third-order valence-electron chi connectivity index (χ3n) is 10.8. The molecule has 3 N–H and O–H groups in total. The molecule has 2 aliphatic rings. The van der Waals surface area contributed by atoms with Crippen molar-refractivity contribution in [1.29, 1.82) is 0 Å². The van der Waals surface area contributed by atoms with Crippen LogP contribution < -0.4 is 0 Å². The molecule has 0 bridgehead atoms. The van der Waals surface area contributed by atoms with E-state index in [9.17, 15) is 43.5 Å². The summed E-state index contributed by atoms with van der Waals surface area (Å²) in [5.74, 6) is -4.18. The lowest BCUT2D eigenvalue weighted by Gasteiger charge is -2.39. The number of nitrogens with one attached hydrogen (secondary N) is 2. The molecule has 4 aromatic heterocycles. The van der Waals surface area contributed by atoms with Gasteiger partial charge in [-0.25, -0.2) is 4.79 Å². The number of fused-ring (bicyclic) bond motifs is 2. The highest BCUT2D eigenvalue weighted by atomic mass is 16.4. The number of aromatic amines is 2. The van der Waals surface area contributed by atoms with Crippen LogP contribution in [0, 0.1) is 0 Å². The summed E-state index contributed by atoms with van der Waals surface area (Å²) in [6.07, 6.45) is 6.10. The van der Waals surface area contributed by atoms with Crippen LogP contribution in [0.4, 0.5) is 0 Å². The van der Waals surface area contributed by atoms with E-state index < -0.39 is 29.4 Å². The van der Waals surface area contributed by atoms with Crippen LogP contribution >= 0.6 is 0 Å². The number of ketones is 2. The lowest BCUT2D eigenvalue weighted by Crippen LogP contribution is -2.56. The van der Waals surface area contributed by atoms with Crippen molar-refractivity contribution in [2.24, 2.45) is 0 Å². The van der Waals surface area contributed by atoms with Gasteiger partial charge >= 0.3 is 5.97 Å². The maximum atomic E-state index is 12.9. The molecule has 6 heterocycles. The molecule has 2 saturated heterocycles. The Balaban J connectivity index is 0.000000184. The molecule has 2 aromatic carbocycles. The number of Topliss-reactive ketones (excluding diaryl/α,β-unsaturated/α-hetero) is 2. The highest BCUT2D eigenvalue weighted by molar-refractivity contribution is 6.45. The van der Waals surface area contributed by atoms with Crippen molar-refractivity contribution in [3.8, 4) is 0 Å². The Morgan fingerprint density at radius 2 is 1.05 bits per heavy atom. The Hall–Kier alpha value is -7.82. The number of carboxylic acids is 1. The normalized spacial score (nSPS) is 16.4. The second-order valence-electron chi connectivity index (χ2n) is 14.6. The molecule has 2 aliphatic heterocycles. The van der Waals surface area contributed by atoms with Crippen LogP contribution in [-0.4, -0.2) is 143 Å². The van der Waals surface area contributed by atoms with Crippen LogP contribution in [0.25, 0.3) is 22.1 Å². The van der Waals surface area contributed by atoms with Gasteiger partial charge in [0.15, 0.2) is 6.29 Å². The Bertz CT molecular complexity index is 2690. The summed E-state index contributed by atoms with van der Waals surface area (Å²) in [6, 6.07) is 20.1. The van der Waals surface area contributed by atoms with Crippen molar-refractivity contribution in [3.05, 3.63) is 131 Å². The summed E-state index contributed by atoms with van der Waals surface area (Å²) in [5.41, 5.74) is 2.72. The van der Waals surface area contributed by atoms with Crippen molar-refractivity contribution in [3.63, 3.8) is 0 Å². The van der Waals surface area contributed by atoms with E-state index in [0.29, 0.717) is 60.2 Å². The van der Waals surface area contributed by atoms with Crippen LogP contribution in [0.1, 0.15) is 76.0 Å². The molecule has 17 heteroatoms. The summed E-state index contributed by atoms with van der Waals surface area (Å²) in [4.78, 5) is 120. The van der Waals surface area contributed by atoms with Crippen LogP contribution in [0.3, 0.4) is 0 Å². The number of aromatic carboxylic acids is 1. The van der Waals surface area contributed by atoms with E-state index >= 15 is 0 Å². The summed E-state index contributed by atoms with van der Waals surface area (Å²) in [5, 5.41) is 9.29. The molecule has 310 valence electrons. The van der Waals surface area contributed by atoms with Crippen molar-refractivity contribution < 1.29 is 43.5 Å². The highest BCUT2D eigenvalue weighted by Crippen LogP contribution is 2.24. The lowest BCUT2D eigenvalue weighted by atomic mass is 10.1. The highest BCUT2D eigenvalue weighted by Gasteiger charge is 2.36. The lowest BCUT2D eigenvalue weighted by molar-refractivity contribution is -0.130. The molecule has 0 saturated carbocycles. The number of aromatic nitrogens is 4. The van der Waals surface area contributed by atoms with E-state index in [1.54, 1.807) is 65.3 Å². The number of hydrogen-bond acceptors (Lipinski definition) is 10. The number of pyridine rings is 2. The SMILES string of the molecule is C[C@@H]1CN(C(=O)c2ccccc2)CCN1C(=O)C(=O)c1c[nH]c2c(C(=O)O)ccnc12.C[C@@H]1CN(C(=O)c2ccccc2)CCN1C(=O)C(=O)c1c[nH]c2c(C=O)ccnc12. The Kier molecular flexibility index (Phi) is 11.9. The van der Waals surface area contributed by atoms with Gasteiger partial charge in [-0.2, -0.15) is 0 Å². The van der Waals surface area contributed by atoms with Gasteiger partial charge < -0.3 is 34.7 Å². The molecular weight excluding hydrogens is 785 g/mol. The molecule has 6 aromatic rings. The number of carbonyl (C=O) groups excluding carboxylic acids is 7. The summed E-state index contributed by atoms with van der Waals surface area (Å²) >= 11 is 0. The predicted octanol–water partition coefficient (Wildman–Crippen LogP) is 3.75. The smallest absolute Gasteiger partial charge is 0.337 e. The zero-order valence-electron chi connectivity index (χ0n) is 33.1. The van der Waals surface area contributed by atoms with E-state index in [1.165, 1.54) is 46.7 Å². The minimum absolute atomic E-state index is 0.0260. The Morgan fingerprint density at radius 3 is 1.49 bits per heavy atom. The molecule has 0 radical (unpaired) electrons. The van der Waals surface area contributed by atoms with Gasteiger partial charge in [0, 0.05) is 92.8 Å². The number of carboxylic acid groups (broad SMARTS) is 1. The van der Waals surface area contributed by atoms with Crippen LogP contribution in [0.15, 0.2) is 97.6 Å². The van der Waals surface area contributed by atoms with Gasteiger partial charge in [-0.3, -0.25) is 43.5 Å². The molecule has 0 spiro atoms. The monoisotopic (exact) mass is 824 g/mol. The fraction of sp³-hybridized carbons (Fsp3) is 0.227. The van der Waals surface area contributed by atoms with E-state index in [-0.39, 0.29) is 64.7 Å². The first-order valence-corrected chi connectivity index (χ1v) is 19.4. The topological polar surface area (TPSA) is 227 Å². The minimum atomic E-state index is -1.16. The first kappa shape index (κ1) is 41.3. The van der Waals surface area contributed by atoms with Gasteiger partial charge in [0.05, 0.1) is 33.2 Å². The molecule has 0 unspecified atom stereocenters. The number of benzene rings is 2. The van der Waals surface area contributed by atoms with Gasteiger partial charge in [0.25, 0.3) is 35.2 Å². The average molecular weight is 825 g/mol. The summed E-state index contributed by atoms with van der Waals surface area (Å²) in [7, 11) is 0. The van der Waals surface area contributed by atoms with Crippen LogP contribution in [0.2, 0.25) is 0 Å².